The number of hydrogen-bond acceptors (Lipinski definition) is 3. The molecule has 0 unspecified atom stereocenters. The van der Waals surface area contributed by atoms with Crippen molar-refractivity contribution in [3.8, 4) is 11.4 Å². The van der Waals surface area contributed by atoms with Crippen LogP contribution in [0.25, 0.3) is 11.4 Å². The second-order valence-corrected chi connectivity index (χ2v) is 2.99. The van der Waals surface area contributed by atoms with E-state index in [1.807, 2.05) is 13.2 Å². The molecule has 2 heterocycles. The van der Waals surface area contributed by atoms with Crippen molar-refractivity contribution in [3.63, 3.8) is 0 Å². The number of aromatic nitrogens is 4. The highest BCUT2D eigenvalue weighted by molar-refractivity contribution is 6.29. The Hall–Kier alpha value is -1.42. The van der Waals surface area contributed by atoms with Crippen molar-refractivity contribution in [2.45, 2.75) is 0 Å². The number of halogens is 1. The summed E-state index contributed by atoms with van der Waals surface area (Å²) in [5.41, 5.74) is 0.866. The summed E-state index contributed by atoms with van der Waals surface area (Å²) in [7, 11) is 1.84. The average molecular weight is 195 g/mol. The van der Waals surface area contributed by atoms with E-state index in [1.54, 1.807) is 23.1 Å². The van der Waals surface area contributed by atoms with Crippen LogP contribution in [0.3, 0.4) is 0 Å². The average Bonchev–Trinajstić information content (AvgIpc) is 2.52. The fourth-order valence-electron chi connectivity index (χ4n) is 1.01. The first-order chi connectivity index (χ1) is 6.25. The number of hydrogen-bond donors (Lipinski definition) is 0. The lowest BCUT2D eigenvalue weighted by molar-refractivity contribution is 0.768. The Morgan fingerprint density at radius 1 is 1.46 bits per heavy atom. The van der Waals surface area contributed by atoms with E-state index < -0.39 is 0 Å². The van der Waals surface area contributed by atoms with Crippen LogP contribution >= 0.6 is 11.6 Å². The predicted octanol–water partition coefficient (Wildman–Crippen LogP) is 1.53. The van der Waals surface area contributed by atoms with E-state index in [2.05, 4.69) is 15.1 Å². The summed E-state index contributed by atoms with van der Waals surface area (Å²) in [6.45, 7) is 0. The van der Waals surface area contributed by atoms with Crippen molar-refractivity contribution in [1.82, 2.24) is 19.7 Å². The molecule has 0 aliphatic rings. The Balaban J connectivity index is 2.46. The van der Waals surface area contributed by atoms with Gasteiger partial charge in [-0.2, -0.15) is 5.10 Å². The lowest BCUT2D eigenvalue weighted by Crippen LogP contribution is -1.87. The van der Waals surface area contributed by atoms with Crippen LogP contribution in [0.2, 0.25) is 5.15 Å². The van der Waals surface area contributed by atoms with Gasteiger partial charge in [0.05, 0.1) is 11.8 Å². The molecule has 0 radical (unpaired) electrons. The molecule has 0 aromatic carbocycles. The molecule has 2 rings (SSSR count). The first kappa shape index (κ1) is 8.19. The monoisotopic (exact) mass is 194 g/mol. The summed E-state index contributed by atoms with van der Waals surface area (Å²) < 4.78 is 1.69. The molecule has 0 atom stereocenters. The molecule has 0 amide bonds. The first-order valence-electron chi connectivity index (χ1n) is 3.73. The molecule has 0 aliphatic heterocycles. The first-order valence-corrected chi connectivity index (χ1v) is 4.11. The minimum Gasteiger partial charge on any atom is -0.275 e. The van der Waals surface area contributed by atoms with E-state index in [0.717, 1.165) is 5.56 Å². The molecule has 2 aromatic heterocycles. The molecule has 0 spiro atoms. The van der Waals surface area contributed by atoms with Crippen molar-refractivity contribution in [2.75, 3.05) is 0 Å². The summed E-state index contributed by atoms with van der Waals surface area (Å²) >= 11 is 5.72. The fraction of sp³-hybridized carbons (Fsp3) is 0.125. The van der Waals surface area contributed by atoms with Gasteiger partial charge in [-0.25, -0.2) is 9.97 Å². The smallest absolute Gasteiger partial charge is 0.163 e. The highest BCUT2D eigenvalue weighted by Gasteiger charge is 2.02. The third-order valence-electron chi connectivity index (χ3n) is 1.58. The van der Waals surface area contributed by atoms with E-state index in [4.69, 9.17) is 11.6 Å². The van der Waals surface area contributed by atoms with Crippen molar-refractivity contribution < 1.29 is 0 Å². The lowest BCUT2D eigenvalue weighted by atomic mass is 10.3. The van der Waals surface area contributed by atoms with E-state index in [0.29, 0.717) is 11.0 Å². The number of nitrogens with zero attached hydrogens (tertiary/aromatic N) is 4. The Labute approximate surface area is 80.2 Å². The maximum atomic E-state index is 5.72. The zero-order chi connectivity index (χ0) is 9.26. The van der Waals surface area contributed by atoms with Gasteiger partial charge < -0.3 is 0 Å². The van der Waals surface area contributed by atoms with Crippen molar-refractivity contribution in [3.05, 3.63) is 29.8 Å². The maximum Gasteiger partial charge on any atom is 0.163 e. The summed E-state index contributed by atoms with van der Waals surface area (Å²) in [4.78, 5) is 8.13. The van der Waals surface area contributed by atoms with Crippen LogP contribution in [0.1, 0.15) is 0 Å². The van der Waals surface area contributed by atoms with Crippen LogP contribution < -0.4 is 0 Å². The minimum absolute atomic E-state index is 0.439. The van der Waals surface area contributed by atoms with Gasteiger partial charge in [-0.3, -0.25) is 4.68 Å². The number of rotatable bonds is 1. The molecule has 5 heteroatoms. The van der Waals surface area contributed by atoms with Gasteiger partial charge in [-0.15, -0.1) is 0 Å². The van der Waals surface area contributed by atoms with Crippen molar-refractivity contribution in [1.29, 1.82) is 0 Å². The topological polar surface area (TPSA) is 43.6 Å². The maximum absolute atomic E-state index is 5.72. The molecule has 4 nitrogen and oxygen atoms in total. The van der Waals surface area contributed by atoms with E-state index in [-0.39, 0.29) is 0 Å². The molecule has 0 bridgehead atoms. The molecule has 0 fully saturated rings. The third kappa shape index (κ3) is 1.67. The Morgan fingerprint density at radius 3 is 2.92 bits per heavy atom. The van der Waals surface area contributed by atoms with Gasteiger partial charge in [0.15, 0.2) is 5.82 Å². The summed E-state index contributed by atoms with van der Waals surface area (Å²) in [5.74, 6) is 0.598. The molecule has 0 saturated carbocycles. The van der Waals surface area contributed by atoms with Crippen LogP contribution in [0.15, 0.2) is 24.7 Å². The van der Waals surface area contributed by atoms with E-state index in [1.165, 1.54) is 0 Å². The summed E-state index contributed by atoms with van der Waals surface area (Å²) in [6.07, 6.45) is 5.16. The van der Waals surface area contributed by atoms with Gasteiger partial charge in [-0.05, 0) is 6.07 Å². The molecule has 0 aliphatic carbocycles. The number of aryl methyl sites for hydroxylation is 1. The third-order valence-corrected chi connectivity index (χ3v) is 1.80. The van der Waals surface area contributed by atoms with Crippen molar-refractivity contribution >= 4 is 11.6 Å². The molecule has 0 N–H and O–H groups in total. The Morgan fingerprint density at radius 2 is 2.31 bits per heavy atom. The van der Waals surface area contributed by atoms with Crippen LogP contribution in [-0.4, -0.2) is 19.7 Å². The summed E-state index contributed by atoms with van der Waals surface area (Å²) in [5, 5.41) is 4.46. The second kappa shape index (κ2) is 3.14. The highest BCUT2D eigenvalue weighted by Crippen LogP contribution is 2.14. The molecule has 66 valence electrons. The summed E-state index contributed by atoms with van der Waals surface area (Å²) in [6, 6.07) is 1.64. The lowest BCUT2D eigenvalue weighted by Gasteiger charge is -1.94. The molecular formula is C8H7ClN4. The van der Waals surface area contributed by atoms with Crippen molar-refractivity contribution in [2.24, 2.45) is 7.05 Å². The van der Waals surface area contributed by atoms with E-state index >= 15 is 0 Å². The largest absolute Gasteiger partial charge is 0.275 e. The molecular weight excluding hydrogens is 188 g/mol. The normalized spacial score (nSPS) is 10.3. The van der Waals surface area contributed by atoms with E-state index in [9.17, 15) is 0 Å². The molecule has 0 saturated heterocycles. The Kier molecular flexibility index (Phi) is 1.98. The zero-order valence-electron chi connectivity index (χ0n) is 6.98. The van der Waals surface area contributed by atoms with Crippen LogP contribution in [-0.2, 0) is 7.05 Å². The van der Waals surface area contributed by atoms with Gasteiger partial charge in [0.2, 0.25) is 0 Å². The van der Waals surface area contributed by atoms with Gasteiger partial charge >= 0.3 is 0 Å². The van der Waals surface area contributed by atoms with Gasteiger partial charge in [0, 0.05) is 19.4 Å². The SMILES string of the molecule is Cn1cc(-c2nccc(Cl)n2)cn1. The zero-order valence-corrected chi connectivity index (χ0v) is 7.73. The van der Waals surface area contributed by atoms with Crippen LogP contribution in [0.4, 0.5) is 0 Å². The highest BCUT2D eigenvalue weighted by atomic mass is 35.5. The second-order valence-electron chi connectivity index (χ2n) is 2.61. The fourth-order valence-corrected chi connectivity index (χ4v) is 1.15. The van der Waals surface area contributed by atoms with Gasteiger partial charge in [0.1, 0.15) is 5.15 Å². The predicted molar refractivity (Wildman–Crippen MR) is 49.2 cm³/mol. The molecule has 2 aromatic rings. The standard InChI is InChI=1S/C8H7ClN4/c1-13-5-6(4-11-13)8-10-3-2-7(9)12-8/h2-5H,1H3. The Bertz CT molecular complexity index is 424. The minimum atomic E-state index is 0.439. The van der Waals surface area contributed by atoms with Crippen LogP contribution in [0.5, 0.6) is 0 Å². The quantitative estimate of drug-likeness (QED) is 0.647. The van der Waals surface area contributed by atoms with Gasteiger partial charge in [-0.1, -0.05) is 11.6 Å². The molecule has 13 heavy (non-hydrogen) atoms. The van der Waals surface area contributed by atoms with Gasteiger partial charge in [0.25, 0.3) is 0 Å². The van der Waals surface area contributed by atoms with Crippen LogP contribution in [0, 0.1) is 0 Å².